The van der Waals surface area contributed by atoms with Crippen molar-refractivity contribution < 1.29 is 31.9 Å². The molecule has 2 atom stereocenters. The number of rotatable bonds is 7. The van der Waals surface area contributed by atoms with Crippen molar-refractivity contribution >= 4 is 31.9 Å². The standard InChI is InChI=1S/C12H11NO2.C10H12O4S.C9H7NO/c1-2-9-6-10(14-7-11-8-15-11)3-4-12(9)13-5-1;1-8-2-4-10(5-3-8)15(11,12)14-7-9-6-13-9;11-8-3-4-9-7(6-8)2-1-5-10-9/h1-6,11H,7-8H2;2-5,9H,6-7H2,1H3;1-6,11H/t11-;9-;/m01./s1. The van der Waals surface area contributed by atoms with E-state index in [1.807, 2.05) is 49.4 Å². The van der Waals surface area contributed by atoms with Crippen molar-refractivity contribution in [2.75, 3.05) is 26.4 Å². The fourth-order valence-electron chi connectivity index (χ4n) is 3.66. The Bertz CT molecular complexity index is 1700. The lowest BCUT2D eigenvalue weighted by Gasteiger charge is -2.04. The first-order valence-electron chi connectivity index (χ1n) is 13.1. The number of epoxide rings is 2. The maximum Gasteiger partial charge on any atom is 0.297 e. The van der Waals surface area contributed by atoms with Crippen LogP contribution in [-0.2, 0) is 23.8 Å². The number of nitrogens with zero attached hydrogens (tertiary/aromatic N) is 2. The minimum absolute atomic E-state index is 0.0507. The Balaban J connectivity index is 0.000000125. The molecule has 0 saturated carbocycles. The van der Waals surface area contributed by atoms with Crippen molar-refractivity contribution in [3.63, 3.8) is 0 Å². The van der Waals surface area contributed by atoms with Crippen molar-refractivity contribution in [2.45, 2.75) is 24.0 Å². The Kier molecular flexibility index (Phi) is 9.05. The van der Waals surface area contributed by atoms with Crippen molar-refractivity contribution in [3.8, 4) is 11.5 Å². The lowest BCUT2D eigenvalue weighted by molar-refractivity contribution is 0.263. The number of ether oxygens (including phenoxy) is 3. The van der Waals surface area contributed by atoms with Gasteiger partial charge >= 0.3 is 0 Å². The fraction of sp³-hybridized carbons (Fsp3) is 0.226. The highest BCUT2D eigenvalue weighted by Gasteiger charge is 2.26. The van der Waals surface area contributed by atoms with E-state index in [0.29, 0.717) is 19.3 Å². The van der Waals surface area contributed by atoms with Gasteiger partial charge in [-0.2, -0.15) is 8.42 Å². The zero-order valence-electron chi connectivity index (χ0n) is 22.4. The van der Waals surface area contributed by atoms with Crippen LogP contribution in [0.25, 0.3) is 21.8 Å². The summed E-state index contributed by atoms with van der Waals surface area (Å²) in [7, 11) is -3.61. The Morgan fingerprint density at radius 1 is 0.805 bits per heavy atom. The van der Waals surface area contributed by atoms with Gasteiger partial charge in [-0.25, -0.2) is 0 Å². The molecule has 3 aromatic carbocycles. The molecule has 0 amide bonds. The number of phenolic OH excluding ortho intramolecular Hbond substituents is 1. The van der Waals surface area contributed by atoms with Crippen molar-refractivity contribution in [1.29, 1.82) is 0 Å². The molecule has 41 heavy (non-hydrogen) atoms. The van der Waals surface area contributed by atoms with E-state index in [4.69, 9.17) is 23.5 Å². The van der Waals surface area contributed by atoms with E-state index in [1.165, 1.54) is 0 Å². The third-order valence-corrected chi connectivity index (χ3v) is 7.42. The highest BCUT2D eigenvalue weighted by molar-refractivity contribution is 7.86. The average molecular weight is 575 g/mol. The van der Waals surface area contributed by atoms with E-state index in [-0.39, 0.29) is 23.4 Å². The summed E-state index contributed by atoms with van der Waals surface area (Å²) in [5.41, 5.74) is 2.91. The highest BCUT2D eigenvalue weighted by Crippen LogP contribution is 2.21. The molecule has 2 aliphatic rings. The molecule has 7 rings (SSSR count). The smallest absolute Gasteiger partial charge is 0.297 e. The van der Waals surface area contributed by atoms with Gasteiger partial charge in [0.15, 0.2) is 0 Å². The summed E-state index contributed by atoms with van der Waals surface area (Å²) in [5, 5.41) is 11.2. The minimum atomic E-state index is -3.61. The van der Waals surface area contributed by atoms with Gasteiger partial charge in [0, 0.05) is 23.2 Å². The minimum Gasteiger partial charge on any atom is -0.508 e. The third-order valence-electron chi connectivity index (χ3n) is 6.12. The summed E-state index contributed by atoms with van der Waals surface area (Å²) in [6, 6.07) is 25.3. The number of fused-ring (bicyclic) bond motifs is 2. The van der Waals surface area contributed by atoms with Crippen LogP contribution in [0.4, 0.5) is 0 Å². The number of aromatic hydroxyl groups is 1. The Hall–Kier alpha value is -4.09. The first kappa shape index (κ1) is 28.4. The van der Waals surface area contributed by atoms with Crippen LogP contribution in [0.1, 0.15) is 5.56 Å². The Morgan fingerprint density at radius 3 is 2.02 bits per heavy atom. The monoisotopic (exact) mass is 574 g/mol. The quantitative estimate of drug-likeness (QED) is 0.210. The van der Waals surface area contributed by atoms with Gasteiger partial charge in [0.25, 0.3) is 10.1 Å². The molecule has 5 aromatic rings. The number of phenols is 1. The van der Waals surface area contributed by atoms with Crippen molar-refractivity contribution in [1.82, 2.24) is 9.97 Å². The molecule has 2 fully saturated rings. The van der Waals surface area contributed by atoms with Gasteiger partial charge in [0.2, 0.25) is 0 Å². The van der Waals surface area contributed by atoms with E-state index < -0.39 is 10.1 Å². The molecule has 1 N–H and O–H groups in total. The second-order valence-corrected chi connectivity index (χ2v) is 11.1. The average Bonchev–Trinajstić information content (AvgIpc) is 3.92. The number of pyridine rings is 2. The molecule has 2 aromatic heterocycles. The highest BCUT2D eigenvalue weighted by atomic mass is 32.2. The SMILES string of the molecule is Cc1ccc(S(=O)(=O)OC[C@H]2CO2)cc1.Oc1ccc2ncccc2c1.c1cnc2ccc(OC[C@H]3CO3)cc2c1. The molecular weight excluding hydrogens is 544 g/mol. The van der Waals surface area contributed by atoms with Gasteiger partial charge in [-0.1, -0.05) is 29.8 Å². The van der Waals surface area contributed by atoms with E-state index >= 15 is 0 Å². The summed E-state index contributed by atoms with van der Waals surface area (Å²) in [4.78, 5) is 8.55. The second kappa shape index (κ2) is 13.0. The molecule has 10 heteroatoms. The zero-order chi connectivity index (χ0) is 28.7. The number of benzene rings is 3. The lowest BCUT2D eigenvalue weighted by Crippen LogP contribution is -2.10. The topological polar surface area (TPSA) is 124 Å². The maximum absolute atomic E-state index is 11.6. The molecule has 2 aliphatic heterocycles. The van der Waals surface area contributed by atoms with E-state index in [9.17, 15) is 8.42 Å². The van der Waals surface area contributed by atoms with E-state index in [2.05, 4.69) is 9.97 Å². The van der Waals surface area contributed by atoms with Crippen LogP contribution in [0.2, 0.25) is 0 Å². The molecule has 9 nitrogen and oxygen atoms in total. The molecule has 0 radical (unpaired) electrons. The fourth-order valence-corrected chi connectivity index (χ4v) is 4.60. The summed E-state index contributed by atoms with van der Waals surface area (Å²) in [6.07, 6.45) is 3.78. The summed E-state index contributed by atoms with van der Waals surface area (Å²) < 4.78 is 43.6. The molecule has 212 valence electrons. The van der Waals surface area contributed by atoms with Gasteiger partial charge in [0.05, 0.1) is 35.7 Å². The Morgan fingerprint density at radius 2 is 1.39 bits per heavy atom. The van der Waals surface area contributed by atoms with Crippen LogP contribution in [0, 0.1) is 6.92 Å². The van der Waals surface area contributed by atoms with Gasteiger partial charge in [-0.3, -0.25) is 14.2 Å². The first-order chi connectivity index (χ1) is 19.9. The number of aryl methyl sites for hydroxylation is 1. The molecule has 4 heterocycles. The van der Waals surface area contributed by atoms with Crippen molar-refractivity contribution in [3.05, 3.63) is 103 Å². The lowest BCUT2D eigenvalue weighted by atomic mass is 10.2. The van der Waals surface area contributed by atoms with Crippen LogP contribution in [-0.4, -0.2) is 62.1 Å². The van der Waals surface area contributed by atoms with Crippen molar-refractivity contribution in [2.24, 2.45) is 0 Å². The van der Waals surface area contributed by atoms with Gasteiger partial charge in [-0.05, 0) is 67.6 Å². The van der Waals surface area contributed by atoms with Crippen LogP contribution in [0.5, 0.6) is 11.5 Å². The predicted molar refractivity (Wildman–Crippen MR) is 154 cm³/mol. The second-order valence-electron chi connectivity index (χ2n) is 9.51. The Labute approximate surface area is 238 Å². The summed E-state index contributed by atoms with van der Waals surface area (Å²) in [6.45, 7) is 4.07. The normalized spacial score (nSPS) is 17.1. The number of aromatic nitrogens is 2. The molecule has 0 bridgehead atoms. The van der Waals surface area contributed by atoms with Crippen LogP contribution in [0.3, 0.4) is 0 Å². The molecule has 0 aliphatic carbocycles. The number of hydrogen-bond donors (Lipinski definition) is 1. The zero-order valence-corrected chi connectivity index (χ0v) is 23.2. The number of hydrogen-bond acceptors (Lipinski definition) is 9. The molecule has 2 saturated heterocycles. The van der Waals surface area contributed by atoms with Gasteiger partial charge in [0.1, 0.15) is 30.3 Å². The van der Waals surface area contributed by atoms with Gasteiger partial charge in [-0.15, -0.1) is 0 Å². The third kappa shape index (κ3) is 8.70. The summed E-state index contributed by atoms with van der Waals surface area (Å²) >= 11 is 0. The maximum atomic E-state index is 11.6. The van der Waals surface area contributed by atoms with E-state index in [1.54, 1.807) is 54.9 Å². The first-order valence-corrected chi connectivity index (χ1v) is 14.5. The van der Waals surface area contributed by atoms with Crippen LogP contribution in [0.15, 0.2) is 102 Å². The largest absolute Gasteiger partial charge is 0.508 e. The predicted octanol–water partition coefficient (Wildman–Crippen LogP) is 5.05. The molecule has 0 unspecified atom stereocenters. The summed E-state index contributed by atoms with van der Waals surface area (Å²) in [5.74, 6) is 1.16. The van der Waals surface area contributed by atoms with Gasteiger partial charge < -0.3 is 19.3 Å². The van der Waals surface area contributed by atoms with E-state index in [0.717, 1.165) is 39.7 Å². The van der Waals surface area contributed by atoms with Crippen LogP contribution >= 0.6 is 0 Å². The molecular formula is C31H30N2O7S. The molecule has 0 spiro atoms. The van der Waals surface area contributed by atoms with Crippen LogP contribution < -0.4 is 4.74 Å².